The molecule has 106 valence electrons. The molecule has 0 amide bonds. The van der Waals surface area contributed by atoms with Crippen molar-refractivity contribution in [3.8, 4) is 0 Å². The third-order valence-electron chi connectivity index (χ3n) is 4.89. The van der Waals surface area contributed by atoms with Crippen LogP contribution in [0.4, 0.5) is 0 Å². The van der Waals surface area contributed by atoms with E-state index in [0.717, 1.165) is 6.54 Å². The van der Waals surface area contributed by atoms with Gasteiger partial charge in [0, 0.05) is 39.3 Å². The summed E-state index contributed by atoms with van der Waals surface area (Å²) in [5.41, 5.74) is 0.588. The minimum absolute atomic E-state index is 0.588. The number of piperazine rings is 1. The van der Waals surface area contributed by atoms with Gasteiger partial charge in [-0.05, 0) is 31.3 Å². The Kier molecular flexibility index (Phi) is 5.46. The standard InChI is InChI=1S/C15H31N3/c1-3-16-13-15(7-5-6-8-15)14-18-11-9-17(4-2)10-12-18/h16H,3-14H2,1-2H3. The molecule has 1 saturated carbocycles. The lowest BCUT2D eigenvalue weighted by molar-refractivity contribution is 0.0878. The Morgan fingerprint density at radius 2 is 1.56 bits per heavy atom. The van der Waals surface area contributed by atoms with Gasteiger partial charge in [0.05, 0.1) is 0 Å². The third kappa shape index (κ3) is 3.69. The summed E-state index contributed by atoms with van der Waals surface area (Å²) in [6, 6.07) is 0. The first-order chi connectivity index (χ1) is 8.78. The molecule has 2 fully saturated rings. The predicted molar refractivity (Wildman–Crippen MR) is 78.0 cm³/mol. The topological polar surface area (TPSA) is 18.5 Å². The fourth-order valence-electron chi connectivity index (χ4n) is 3.64. The first-order valence-electron chi connectivity index (χ1n) is 7.93. The number of rotatable bonds is 6. The van der Waals surface area contributed by atoms with E-state index < -0.39 is 0 Å². The van der Waals surface area contributed by atoms with Gasteiger partial charge >= 0.3 is 0 Å². The van der Waals surface area contributed by atoms with Crippen molar-refractivity contribution in [2.75, 3.05) is 52.4 Å². The molecule has 1 heterocycles. The Morgan fingerprint density at radius 3 is 2.11 bits per heavy atom. The molecule has 0 spiro atoms. The van der Waals surface area contributed by atoms with Gasteiger partial charge in [0.15, 0.2) is 0 Å². The second-order valence-corrected chi connectivity index (χ2v) is 6.20. The molecule has 3 heteroatoms. The van der Waals surface area contributed by atoms with Crippen molar-refractivity contribution in [2.24, 2.45) is 5.41 Å². The van der Waals surface area contributed by atoms with Gasteiger partial charge in [-0.15, -0.1) is 0 Å². The second kappa shape index (κ2) is 6.88. The van der Waals surface area contributed by atoms with Crippen molar-refractivity contribution >= 4 is 0 Å². The fourth-order valence-corrected chi connectivity index (χ4v) is 3.64. The number of hydrogen-bond acceptors (Lipinski definition) is 3. The maximum atomic E-state index is 3.60. The smallest absolute Gasteiger partial charge is 0.0110 e. The predicted octanol–water partition coefficient (Wildman–Crippen LogP) is 1.79. The van der Waals surface area contributed by atoms with Gasteiger partial charge in [-0.1, -0.05) is 26.7 Å². The van der Waals surface area contributed by atoms with Crippen molar-refractivity contribution in [3.05, 3.63) is 0 Å². The summed E-state index contributed by atoms with van der Waals surface area (Å²) in [7, 11) is 0. The number of likely N-dealkylation sites (N-methyl/N-ethyl adjacent to an activating group) is 1. The molecule has 0 bridgehead atoms. The van der Waals surface area contributed by atoms with E-state index in [2.05, 4.69) is 29.0 Å². The van der Waals surface area contributed by atoms with E-state index >= 15 is 0 Å². The molecule has 2 rings (SSSR count). The fraction of sp³-hybridized carbons (Fsp3) is 1.00. The minimum atomic E-state index is 0.588. The van der Waals surface area contributed by atoms with Crippen LogP contribution in [0.3, 0.4) is 0 Å². The average Bonchev–Trinajstić information content (AvgIpc) is 2.86. The monoisotopic (exact) mass is 253 g/mol. The van der Waals surface area contributed by atoms with E-state index in [1.54, 1.807) is 0 Å². The van der Waals surface area contributed by atoms with Gasteiger partial charge in [-0.2, -0.15) is 0 Å². The molecule has 1 N–H and O–H groups in total. The molecule has 2 aliphatic rings. The summed E-state index contributed by atoms with van der Waals surface area (Å²) < 4.78 is 0. The Labute approximate surface area is 113 Å². The molecular weight excluding hydrogens is 222 g/mol. The number of nitrogens with zero attached hydrogens (tertiary/aromatic N) is 2. The Morgan fingerprint density at radius 1 is 0.944 bits per heavy atom. The normalized spacial score (nSPS) is 25.7. The summed E-state index contributed by atoms with van der Waals surface area (Å²) in [5.74, 6) is 0. The third-order valence-corrected chi connectivity index (χ3v) is 4.89. The van der Waals surface area contributed by atoms with Crippen molar-refractivity contribution in [2.45, 2.75) is 39.5 Å². The van der Waals surface area contributed by atoms with Crippen LogP contribution in [0.15, 0.2) is 0 Å². The Bertz CT molecular complexity index is 228. The zero-order chi connectivity index (χ0) is 12.8. The molecule has 3 nitrogen and oxygen atoms in total. The van der Waals surface area contributed by atoms with Crippen LogP contribution < -0.4 is 5.32 Å². The molecule has 1 aliphatic carbocycles. The van der Waals surface area contributed by atoms with Gasteiger partial charge in [-0.25, -0.2) is 0 Å². The number of nitrogens with one attached hydrogen (secondary N) is 1. The molecule has 0 radical (unpaired) electrons. The van der Waals surface area contributed by atoms with E-state index in [1.165, 1.54) is 71.5 Å². The van der Waals surface area contributed by atoms with E-state index in [0.29, 0.717) is 5.41 Å². The first-order valence-corrected chi connectivity index (χ1v) is 7.93. The van der Waals surface area contributed by atoms with E-state index in [1.807, 2.05) is 0 Å². The lowest BCUT2D eigenvalue weighted by Crippen LogP contribution is -2.51. The Balaban J connectivity index is 1.82. The highest BCUT2D eigenvalue weighted by molar-refractivity contribution is 4.90. The van der Waals surface area contributed by atoms with E-state index in [9.17, 15) is 0 Å². The van der Waals surface area contributed by atoms with Crippen LogP contribution in [0.5, 0.6) is 0 Å². The molecule has 1 saturated heterocycles. The highest BCUT2D eigenvalue weighted by Crippen LogP contribution is 2.38. The molecule has 0 aromatic heterocycles. The molecule has 0 aromatic rings. The average molecular weight is 253 g/mol. The van der Waals surface area contributed by atoms with Crippen LogP contribution in [0.25, 0.3) is 0 Å². The van der Waals surface area contributed by atoms with Crippen molar-refractivity contribution < 1.29 is 0 Å². The van der Waals surface area contributed by atoms with Crippen molar-refractivity contribution in [1.82, 2.24) is 15.1 Å². The molecule has 0 aromatic carbocycles. The summed E-state index contributed by atoms with van der Waals surface area (Å²) in [6.07, 6.45) is 5.77. The molecule has 1 aliphatic heterocycles. The van der Waals surface area contributed by atoms with Crippen LogP contribution in [-0.4, -0.2) is 62.2 Å². The van der Waals surface area contributed by atoms with Gasteiger partial charge < -0.3 is 15.1 Å². The summed E-state index contributed by atoms with van der Waals surface area (Å²) in [6.45, 7) is 14.5. The van der Waals surface area contributed by atoms with Gasteiger partial charge in [0.25, 0.3) is 0 Å². The Hall–Kier alpha value is -0.120. The summed E-state index contributed by atoms with van der Waals surface area (Å²) in [4.78, 5) is 5.29. The largest absolute Gasteiger partial charge is 0.316 e. The zero-order valence-electron chi connectivity index (χ0n) is 12.4. The summed E-state index contributed by atoms with van der Waals surface area (Å²) >= 11 is 0. The second-order valence-electron chi connectivity index (χ2n) is 6.20. The van der Waals surface area contributed by atoms with E-state index in [-0.39, 0.29) is 0 Å². The van der Waals surface area contributed by atoms with E-state index in [4.69, 9.17) is 0 Å². The lowest BCUT2D eigenvalue weighted by atomic mass is 9.85. The van der Waals surface area contributed by atoms with Gasteiger partial charge in [0.2, 0.25) is 0 Å². The maximum absolute atomic E-state index is 3.60. The quantitative estimate of drug-likeness (QED) is 0.778. The first kappa shape index (κ1) is 14.3. The SMILES string of the molecule is CCNCC1(CN2CCN(CC)CC2)CCCC1. The summed E-state index contributed by atoms with van der Waals surface area (Å²) in [5, 5.41) is 3.60. The van der Waals surface area contributed by atoms with Gasteiger partial charge in [-0.3, -0.25) is 0 Å². The number of hydrogen-bond donors (Lipinski definition) is 1. The maximum Gasteiger partial charge on any atom is 0.0110 e. The molecular formula is C15H31N3. The van der Waals surface area contributed by atoms with Crippen molar-refractivity contribution in [1.29, 1.82) is 0 Å². The molecule has 18 heavy (non-hydrogen) atoms. The zero-order valence-corrected chi connectivity index (χ0v) is 12.4. The van der Waals surface area contributed by atoms with Crippen LogP contribution in [0.2, 0.25) is 0 Å². The van der Waals surface area contributed by atoms with Crippen LogP contribution in [0, 0.1) is 5.41 Å². The van der Waals surface area contributed by atoms with Crippen LogP contribution in [-0.2, 0) is 0 Å². The molecule has 0 atom stereocenters. The lowest BCUT2D eigenvalue weighted by Gasteiger charge is -2.40. The highest BCUT2D eigenvalue weighted by atomic mass is 15.3. The minimum Gasteiger partial charge on any atom is -0.316 e. The highest BCUT2D eigenvalue weighted by Gasteiger charge is 2.35. The van der Waals surface area contributed by atoms with Crippen LogP contribution in [0.1, 0.15) is 39.5 Å². The van der Waals surface area contributed by atoms with Gasteiger partial charge in [0.1, 0.15) is 0 Å². The van der Waals surface area contributed by atoms with Crippen LogP contribution >= 0.6 is 0 Å². The van der Waals surface area contributed by atoms with Crippen molar-refractivity contribution in [3.63, 3.8) is 0 Å². The molecule has 0 unspecified atom stereocenters.